The summed E-state index contributed by atoms with van der Waals surface area (Å²) in [6.45, 7) is 4.98. The number of piperidine rings is 1. The van der Waals surface area contributed by atoms with E-state index in [9.17, 15) is 4.79 Å². The van der Waals surface area contributed by atoms with E-state index in [1.54, 1.807) is 0 Å². The molecule has 0 spiro atoms. The molecule has 0 radical (unpaired) electrons. The van der Waals surface area contributed by atoms with Gasteiger partial charge < -0.3 is 10.2 Å². The molecule has 1 aliphatic rings. The summed E-state index contributed by atoms with van der Waals surface area (Å²) in [4.78, 5) is 14.1. The number of nitrogens with zero attached hydrogens (tertiary/aromatic N) is 1. The van der Waals surface area contributed by atoms with Crippen LogP contribution >= 0.6 is 0 Å². The summed E-state index contributed by atoms with van der Waals surface area (Å²) < 4.78 is 0. The van der Waals surface area contributed by atoms with Crippen molar-refractivity contribution in [3.63, 3.8) is 0 Å². The predicted octanol–water partition coefficient (Wildman–Crippen LogP) is 2.60. The lowest BCUT2D eigenvalue weighted by Gasteiger charge is -2.25. The van der Waals surface area contributed by atoms with Crippen LogP contribution in [0.5, 0.6) is 0 Å². The van der Waals surface area contributed by atoms with Gasteiger partial charge in [0.2, 0.25) is 5.91 Å². The highest BCUT2D eigenvalue weighted by Crippen LogP contribution is 2.17. The van der Waals surface area contributed by atoms with Crippen LogP contribution in [-0.2, 0) is 17.8 Å². The molecule has 1 aromatic carbocycles. The zero-order valence-electron chi connectivity index (χ0n) is 12.7. The van der Waals surface area contributed by atoms with E-state index in [0.29, 0.717) is 18.9 Å². The quantitative estimate of drug-likeness (QED) is 0.895. The Morgan fingerprint density at radius 3 is 2.40 bits per heavy atom. The van der Waals surface area contributed by atoms with Crippen LogP contribution in [0.15, 0.2) is 24.3 Å². The Morgan fingerprint density at radius 2 is 1.80 bits per heavy atom. The smallest absolute Gasteiger partial charge is 0.222 e. The Balaban J connectivity index is 1.83. The number of rotatable bonds is 5. The molecule has 0 unspecified atom stereocenters. The summed E-state index contributed by atoms with van der Waals surface area (Å²) in [5.74, 6) is 0.838. The van der Waals surface area contributed by atoms with Crippen molar-refractivity contribution in [3.05, 3.63) is 35.4 Å². The van der Waals surface area contributed by atoms with Gasteiger partial charge in [-0.1, -0.05) is 31.2 Å². The average Bonchev–Trinajstić information content (AvgIpc) is 2.49. The molecular formula is C17H26N2O. The van der Waals surface area contributed by atoms with Gasteiger partial charge in [-0.3, -0.25) is 4.79 Å². The van der Waals surface area contributed by atoms with Crippen LogP contribution in [0.2, 0.25) is 0 Å². The zero-order valence-corrected chi connectivity index (χ0v) is 12.7. The molecule has 1 N–H and O–H groups in total. The first kappa shape index (κ1) is 15.0. The number of nitrogens with one attached hydrogen (secondary N) is 1. The lowest BCUT2D eigenvalue weighted by atomic mass is 9.94. The summed E-state index contributed by atoms with van der Waals surface area (Å²) in [5.41, 5.74) is 2.56. The molecule has 3 nitrogen and oxygen atoms in total. The second-order valence-corrected chi connectivity index (χ2v) is 5.82. The fourth-order valence-electron chi connectivity index (χ4n) is 2.73. The van der Waals surface area contributed by atoms with Gasteiger partial charge in [0.25, 0.3) is 0 Å². The highest BCUT2D eigenvalue weighted by molar-refractivity contribution is 5.76. The third-order valence-corrected chi connectivity index (χ3v) is 4.20. The van der Waals surface area contributed by atoms with Crippen LogP contribution in [0.4, 0.5) is 0 Å². The van der Waals surface area contributed by atoms with E-state index in [0.717, 1.165) is 32.4 Å². The van der Waals surface area contributed by atoms with Crippen LogP contribution in [0.1, 0.15) is 37.3 Å². The van der Waals surface area contributed by atoms with E-state index in [1.165, 1.54) is 11.1 Å². The third kappa shape index (κ3) is 4.34. The van der Waals surface area contributed by atoms with Gasteiger partial charge in [0.15, 0.2) is 0 Å². The molecule has 20 heavy (non-hydrogen) atoms. The Kier molecular flexibility index (Phi) is 5.60. The molecular weight excluding hydrogens is 248 g/mol. The topological polar surface area (TPSA) is 32.3 Å². The minimum atomic E-state index is 0.275. The SMILES string of the molecule is CCc1ccc(CN(C)C(=O)CC2CCNCC2)cc1. The molecule has 1 aliphatic heterocycles. The second kappa shape index (κ2) is 7.44. The van der Waals surface area contributed by atoms with Gasteiger partial charge in [-0.15, -0.1) is 0 Å². The molecule has 1 saturated heterocycles. The fraction of sp³-hybridized carbons (Fsp3) is 0.588. The van der Waals surface area contributed by atoms with Crippen molar-refractivity contribution in [1.82, 2.24) is 10.2 Å². The number of carbonyl (C=O) groups excluding carboxylic acids is 1. The van der Waals surface area contributed by atoms with Gasteiger partial charge in [-0.2, -0.15) is 0 Å². The summed E-state index contributed by atoms with van der Waals surface area (Å²) in [6, 6.07) is 8.57. The number of carbonyl (C=O) groups is 1. The Labute approximate surface area is 122 Å². The normalized spacial score (nSPS) is 16.1. The summed E-state index contributed by atoms with van der Waals surface area (Å²) in [6.07, 6.45) is 4.02. The van der Waals surface area contributed by atoms with Crippen LogP contribution in [0, 0.1) is 5.92 Å². The van der Waals surface area contributed by atoms with E-state index in [4.69, 9.17) is 0 Å². The fourth-order valence-corrected chi connectivity index (χ4v) is 2.73. The first-order chi connectivity index (χ1) is 9.69. The van der Waals surface area contributed by atoms with E-state index < -0.39 is 0 Å². The average molecular weight is 274 g/mol. The standard InChI is InChI=1S/C17H26N2O/c1-3-14-4-6-16(7-5-14)13-19(2)17(20)12-15-8-10-18-11-9-15/h4-7,15,18H,3,8-13H2,1-2H3. The maximum atomic E-state index is 12.2. The molecule has 0 saturated carbocycles. The zero-order chi connectivity index (χ0) is 14.4. The highest BCUT2D eigenvalue weighted by atomic mass is 16.2. The lowest BCUT2D eigenvalue weighted by molar-refractivity contribution is -0.131. The summed E-state index contributed by atoms with van der Waals surface area (Å²) in [7, 11) is 1.91. The van der Waals surface area contributed by atoms with Crippen molar-refractivity contribution in [1.29, 1.82) is 0 Å². The summed E-state index contributed by atoms with van der Waals surface area (Å²) in [5, 5.41) is 3.34. The Morgan fingerprint density at radius 1 is 1.20 bits per heavy atom. The van der Waals surface area contributed by atoms with Crippen molar-refractivity contribution in [2.75, 3.05) is 20.1 Å². The second-order valence-electron chi connectivity index (χ2n) is 5.82. The van der Waals surface area contributed by atoms with Crippen LogP contribution in [0.3, 0.4) is 0 Å². The molecule has 0 bridgehead atoms. The first-order valence-corrected chi connectivity index (χ1v) is 7.71. The van der Waals surface area contributed by atoms with E-state index in [2.05, 4.69) is 36.5 Å². The van der Waals surface area contributed by atoms with Gasteiger partial charge in [-0.05, 0) is 49.4 Å². The molecule has 1 aromatic rings. The number of amides is 1. The van der Waals surface area contributed by atoms with Crippen LogP contribution < -0.4 is 5.32 Å². The molecule has 0 aliphatic carbocycles. The van der Waals surface area contributed by atoms with Gasteiger partial charge in [0, 0.05) is 20.0 Å². The Bertz CT molecular complexity index is 421. The highest BCUT2D eigenvalue weighted by Gasteiger charge is 2.19. The number of hydrogen-bond donors (Lipinski definition) is 1. The van der Waals surface area contributed by atoms with E-state index >= 15 is 0 Å². The Hall–Kier alpha value is -1.35. The van der Waals surface area contributed by atoms with Crippen molar-refractivity contribution in [3.8, 4) is 0 Å². The maximum absolute atomic E-state index is 12.2. The minimum absolute atomic E-state index is 0.275. The number of hydrogen-bond acceptors (Lipinski definition) is 2. The predicted molar refractivity (Wildman–Crippen MR) is 82.5 cm³/mol. The molecule has 0 atom stereocenters. The van der Waals surface area contributed by atoms with Crippen molar-refractivity contribution < 1.29 is 4.79 Å². The molecule has 1 heterocycles. The van der Waals surface area contributed by atoms with Gasteiger partial charge >= 0.3 is 0 Å². The largest absolute Gasteiger partial charge is 0.341 e. The molecule has 1 amide bonds. The summed E-state index contributed by atoms with van der Waals surface area (Å²) >= 11 is 0. The number of benzene rings is 1. The monoisotopic (exact) mass is 274 g/mol. The molecule has 110 valence electrons. The van der Waals surface area contributed by atoms with Crippen molar-refractivity contribution in [2.45, 2.75) is 39.2 Å². The minimum Gasteiger partial charge on any atom is -0.341 e. The van der Waals surface area contributed by atoms with Gasteiger partial charge in [-0.25, -0.2) is 0 Å². The van der Waals surface area contributed by atoms with E-state index in [-0.39, 0.29) is 5.91 Å². The molecule has 1 fully saturated rings. The van der Waals surface area contributed by atoms with Crippen LogP contribution in [0.25, 0.3) is 0 Å². The third-order valence-electron chi connectivity index (χ3n) is 4.20. The maximum Gasteiger partial charge on any atom is 0.222 e. The molecule has 2 rings (SSSR count). The lowest BCUT2D eigenvalue weighted by Crippen LogP contribution is -2.33. The first-order valence-electron chi connectivity index (χ1n) is 7.71. The van der Waals surface area contributed by atoms with Crippen molar-refractivity contribution in [2.24, 2.45) is 5.92 Å². The van der Waals surface area contributed by atoms with E-state index in [1.807, 2.05) is 11.9 Å². The van der Waals surface area contributed by atoms with Gasteiger partial charge in [0.1, 0.15) is 0 Å². The number of aryl methyl sites for hydroxylation is 1. The van der Waals surface area contributed by atoms with Crippen LogP contribution in [-0.4, -0.2) is 30.9 Å². The molecule has 3 heteroatoms. The van der Waals surface area contributed by atoms with Crippen molar-refractivity contribution >= 4 is 5.91 Å². The molecule has 0 aromatic heterocycles. The van der Waals surface area contributed by atoms with Gasteiger partial charge in [0.05, 0.1) is 0 Å².